The van der Waals surface area contributed by atoms with E-state index in [-0.39, 0.29) is 11.3 Å². The van der Waals surface area contributed by atoms with Gasteiger partial charge in [0, 0.05) is 5.56 Å². The fourth-order valence-corrected chi connectivity index (χ4v) is 6.49. The number of nitrogens with zero attached hydrogens (tertiary/aromatic N) is 2. The average Bonchev–Trinajstić information content (AvgIpc) is 3.48. The van der Waals surface area contributed by atoms with Gasteiger partial charge in [0.05, 0.1) is 35.5 Å². The number of aromatic nitrogens is 1. The number of hydrogen-bond donors (Lipinski definition) is 1. The molecule has 0 spiro atoms. The third kappa shape index (κ3) is 5.39. The molecule has 5 rings (SSSR count). The summed E-state index contributed by atoms with van der Waals surface area (Å²) in [7, 11) is 1.56. The van der Waals surface area contributed by atoms with Crippen molar-refractivity contribution in [2.45, 2.75) is 54.0 Å². The quantitative estimate of drug-likeness (QED) is 0.130. The predicted molar refractivity (Wildman–Crippen MR) is 168 cm³/mol. The summed E-state index contributed by atoms with van der Waals surface area (Å²) in [5.74, 6) is -0.185. The van der Waals surface area contributed by atoms with Crippen molar-refractivity contribution in [1.82, 2.24) is 4.98 Å². The molecule has 1 unspecified atom stereocenters. The lowest BCUT2D eigenvalue weighted by atomic mass is 9.93. The van der Waals surface area contributed by atoms with E-state index in [0.717, 1.165) is 38.9 Å². The highest BCUT2D eigenvalue weighted by atomic mass is 32.1. The van der Waals surface area contributed by atoms with Crippen LogP contribution in [0.15, 0.2) is 54.1 Å². The highest BCUT2D eigenvalue weighted by molar-refractivity contribution is 7.22. The van der Waals surface area contributed by atoms with Crippen LogP contribution in [0.25, 0.3) is 16.0 Å². The van der Waals surface area contributed by atoms with Crippen molar-refractivity contribution in [1.29, 1.82) is 0 Å². The highest BCUT2D eigenvalue weighted by Gasteiger charge is 2.48. The van der Waals surface area contributed by atoms with Gasteiger partial charge in [-0.3, -0.25) is 14.5 Å². The van der Waals surface area contributed by atoms with Gasteiger partial charge in [0.15, 0.2) is 16.6 Å². The number of ether oxygens (including phenoxy) is 2. The van der Waals surface area contributed by atoms with Gasteiger partial charge in [-0.05, 0) is 86.6 Å². The maximum absolute atomic E-state index is 13.8. The molecule has 8 heteroatoms. The molecular formula is C34H36N2O5S. The fraction of sp³-hybridized carbons (Fsp3) is 0.324. The molecular weight excluding hydrogens is 548 g/mol. The van der Waals surface area contributed by atoms with Gasteiger partial charge < -0.3 is 14.6 Å². The summed E-state index contributed by atoms with van der Waals surface area (Å²) >= 11 is 1.35. The van der Waals surface area contributed by atoms with Crippen molar-refractivity contribution in [3.05, 3.63) is 87.5 Å². The number of thiazole rings is 1. The van der Waals surface area contributed by atoms with Crippen LogP contribution >= 0.6 is 11.3 Å². The summed E-state index contributed by atoms with van der Waals surface area (Å²) in [5, 5.41) is 12.1. The lowest BCUT2D eigenvalue weighted by Gasteiger charge is -2.24. The molecule has 1 aromatic heterocycles. The smallest absolute Gasteiger partial charge is 0.301 e. The minimum Gasteiger partial charge on any atom is -0.507 e. The predicted octanol–water partition coefficient (Wildman–Crippen LogP) is 7.59. The van der Waals surface area contributed by atoms with Gasteiger partial charge in [0.25, 0.3) is 5.78 Å². The van der Waals surface area contributed by atoms with Crippen LogP contribution < -0.4 is 14.4 Å². The lowest BCUT2D eigenvalue weighted by Crippen LogP contribution is -2.29. The first-order chi connectivity index (χ1) is 20.0. The van der Waals surface area contributed by atoms with E-state index in [1.165, 1.54) is 16.2 Å². The van der Waals surface area contributed by atoms with E-state index in [2.05, 4.69) is 13.8 Å². The number of carbonyl (C=O) groups is 2. The van der Waals surface area contributed by atoms with Gasteiger partial charge in [-0.25, -0.2) is 4.98 Å². The number of aliphatic hydroxyl groups excluding tert-OH is 1. The van der Waals surface area contributed by atoms with Crippen LogP contribution in [-0.2, 0) is 9.59 Å². The summed E-state index contributed by atoms with van der Waals surface area (Å²) < 4.78 is 12.6. The second-order valence-electron chi connectivity index (χ2n) is 11.4. The molecule has 1 saturated heterocycles. The van der Waals surface area contributed by atoms with E-state index < -0.39 is 17.7 Å². The molecule has 3 aromatic carbocycles. The number of Topliss-reactive ketones (excluding diaryl/α,β-unsaturated/α-hetero) is 1. The standard InChI is InChI=1S/C34H36N2O5S/c1-18(2)12-13-41-25-11-10-23(17-26(25)40-7)30-28(31(37)24-15-19(3)8-9-21(24)5)32(38)33(39)36(30)34-35-29-22(6)14-20(4)16-27(29)42-34/h8-11,14-18,30,37H,12-13H2,1-7H3/b31-28+. The molecule has 7 nitrogen and oxygen atoms in total. The first kappa shape index (κ1) is 29.3. The Morgan fingerprint density at radius 1 is 0.976 bits per heavy atom. The van der Waals surface area contributed by atoms with Crippen LogP contribution in [0.2, 0.25) is 0 Å². The number of ketones is 1. The Morgan fingerprint density at radius 3 is 2.45 bits per heavy atom. The maximum atomic E-state index is 13.8. The van der Waals surface area contributed by atoms with E-state index in [0.29, 0.717) is 40.3 Å². The largest absolute Gasteiger partial charge is 0.507 e. The van der Waals surface area contributed by atoms with E-state index in [4.69, 9.17) is 14.5 Å². The van der Waals surface area contributed by atoms with E-state index in [1.54, 1.807) is 19.2 Å². The Kier molecular flexibility index (Phi) is 8.10. The molecule has 0 aliphatic carbocycles. The molecule has 1 atom stereocenters. The normalized spacial score (nSPS) is 16.6. The number of fused-ring (bicyclic) bond motifs is 1. The second kappa shape index (κ2) is 11.6. The molecule has 2 heterocycles. The Bertz CT molecular complexity index is 1740. The van der Waals surface area contributed by atoms with Gasteiger partial charge in [0.1, 0.15) is 5.76 Å². The number of aliphatic hydroxyl groups is 1. The van der Waals surface area contributed by atoms with Crippen LogP contribution in [0.5, 0.6) is 11.5 Å². The topological polar surface area (TPSA) is 89.0 Å². The zero-order valence-corrected chi connectivity index (χ0v) is 25.9. The van der Waals surface area contributed by atoms with Crippen LogP contribution in [0.3, 0.4) is 0 Å². The average molecular weight is 585 g/mol. The highest BCUT2D eigenvalue weighted by Crippen LogP contribution is 2.46. The molecule has 4 aromatic rings. The number of anilines is 1. The van der Waals surface area contributed by atoms with E-state index in [1.807, 2.05) is 64.1 Å². The van der Waals surface area contributed by atoms with Crippen molar-refractivity contribution < 1.29 is 24.2 Å². The van der Waals surface area contributed by atoms with E-state index >= 15 is 0 Å². The monoisotopic (exact) mass is 584 g/mol. The number of benzene rings is 3. The molecule has 1 aliphatic heterocycles. The van der Waals surface area contributed by atoms with Crippen molar-refractivity contribution in [3.8, 4) is 11.5 Å². The molecule has 1 fully saturated rings. The molecule has 0 bridgehead atoms. The zero-order valence-electron chi connectivity index (χ0n) is 25.1. The Morgan fingerprint density at radius 2 is 1.74 bits per heavy atom. The zero-order chi connectivity index (χ0) is 30.3. The summed E-state index contributed by atoms with van der Waals surface area (Å²) in [6.45, 7) is 12.6. The van der Waals surface area contributed by atoms with Crippen molar-refractivity contribution in [2.24, 2.45) is 5.92 Å². The number of methoxy groups -OCH3 is 1. The van der Waals surface area contributed by atoms with Gasteiger partial charge in [0.2, 0.25) is 0 Å². The van der Waals surface area contributed by atoms with E-state index in [9.17, 15) is 14.7 Å². The molecule has 0 saturated carbocycles. The van der Waals surface area contributed by atoms with Gasteiger partial charge in [-0.2, -0.15) is 0 Å². The summed E-state index contributed by atoms with van der Waals surface area (Å²) in [6.07, 6.45) is 0.886. The summed E-state index contributed by atoms with van der Waals surface area (Å²) in [6, 6.07) is 14.2. The summed E-state index contributed by atoms with van der Waals surface area (Å²) in [4.78, 5) is 33.8. The van der Waals surface area contributed by atoms with Crippen molar-refractivity contribution >= 4 is 44.1 Å². The van der Waals surface area contributed by atoms with Crippen LogP contribution in [0.1, 0.15) is 59.7 Å². The van der Waals surface area contributed by atoms with Gasteiger partial charge in [-0.15, -0.1) is 0 Å². The Balaban J connectivity index is 1.71. The van der Waals surface area contributed by atoms with Crippen LogP contribution in [-0.4, -0.2) is 35.5 Å². The third-order valence-corrected chi connectivity index (χ3v) is 8.58. The number of carbonyl (C=O) groups excluding carboxylic acids is 2. The Hall–Kier alpha value is -4.17. The van der Waals surface area contributed by atoms with Gasteiger partial charge >= 0.3 is 5.91 Å². The van der Waals surface area contributed by atoms with Gasteiger partial charge in [-0.1, -0.05) is 55.0 Å². The lowest BCUT2D eigenvalue weighted by molar-refractivity contribution is -0.132. The number of aryl methyl sites for hydroxylation is 4. The Labute approximate surface area is 250 Å². The molecule has 1 aliphatic rings. The summed E-state index contributed by atoms with van der Waals surface area (Å²) in [5.41, 5.74) is 5.69. The maximum Gasteiger partial charge on any atom is 0.301 e. The minimum atomic E-state index is -0.925. The third-order valence-electron chi connectivity index (χ3n) is 7.57. The number of amides is 1. The van der Waals surface area contributed by atoms with Crippen molar-refractivity contribution in [2.75, 3.05) is 18.6 Å². The van der Waals surface area contributed by atoms with Crippen molar-refractivity contribution in [3.63, 3.8) is 0 Å². The minimum absolute atomic E-state index is 0.0105. The first-order valence-corrected chi connectivity index (χ1v) is 14.9. The molecule has 42 heavy (non-hydrogen) atoms. The number of rotatable bonds is 8. The first-order valence-electron chi connectivity index (χ1n) is 14.1. The SMILES string of the molecule is COc1cc(C2/C(=C(\O)c3cc(C)ccc3C)C(=O)C(=O)N2c2nc3c(C)cc(C)cc3s2)ccc1OCCC(C)C. The van der Waals surface area contributed by atoms with Crippen LogP contribution in [0.4, 0.5) is 5.13 Å². The molecule has 218 valence electrons. The molecule has 0 radical (unpaired) electrons. The number of hydrogen-bond acceptors (Lipinski definition) is 7. The molecule has 1 amide bonds. The molecule has 1 N–H and O–H groups in total. The second-order valence-corrected chi connectivity index (χ2v) is 12.4. The van der Waals surface area contributed by atoms with Crippen LogP contribution in [0, 0.1) is 33.6 Å². The fourth-order valence-electron chi connectivity index (χ4n) is 5.32.